The van der Waals surface area contributed by atoms with Crippen LogP contribution >= 0.6 is 0 Å². The quantitative estimate of drug-likeness (QED) is 0.508. The number of carbonyl (C=O) groups excluding carboxylic acids is 1. The Morgan fingerprint density at radius 2 is 1.94 bits per heavy atom. The first-order valence-electron chi connectivity index (χ1n) is 12.3. The Kier molecular flexibility index (Phi) is 6.96. The number of likely N-dealkylation sites (tertiary alicyclic amines) is 1. The van der Waals surface area contributed by atoms with E-state index in [0.717, 1.165) is 68.8 Å². The monoisotopic (exact) mass is 475 g/mol. The fraction of sp³-hybridized carbons (Fsp3) is 0.423. The number of carbonyl (C=O) groups is 1. The summed E-state index contributed by atoms with van der Waals surface area (Å²) in [6.07, 6.45) is 7.25. The van der Waals surface area contributed by atoms with Crippen LogP contribution in [-0.2, 0) is 4.79 Å². The average molecular weight is 476 g/mol. The molecule has 35 heavy (non-hydrogen) atoms. The van der Waals surface area contributed by atoms with E-state index in [2.05, 4.69) is 55.5 Å². The summed E-state index contributed by atoms with van der Waals surface area (Å²) < 4.78 is 2.17. The van der Waals surface area contributed by atoms with Crippen LogP contribution in [-0.4, -0.2) is 87.8 Å². The van der Waals surface area contributed by atoms with Gasteiger partial charge in [0.2, 0.25) is 11.9 Å². The smallest absolute Gasteiger partial charge is 0.246 e. The third kappa shape index (κ3) is 5.16. The highest BCUT2D eigenvalue weighted by Gasteiger charge is 2.24. The van der Waals surface area contributed by atoms with Gasteiger partial charge in [0.05, 0.1) is 12.6 Å². The van der Waals surface area contributed by atoms with Crippen molar-refractivity contribution in [2.24, 2.45) is 0 Å². The number of fused-ring (bicyclic) bond motifs is 1. The van der Waals surface area contributed by atoms with Gasteiger partial charge in [-0.25, -0.2) is 4.98 Å². The molecule has 2 aliphatic rings. The molecular weight excluding hydrogens is 442 g/mol. The van der Waals surface area contributed by atoms with Gasteiger partial charge in [-0.05, 0) is 49.2 Å². The number of aliphatic hydroxyl groups excluding tert-OH is 1. The minimum absolute atomic E-state index is 0.0152. The van der Waals surface area contributed by atoms with E-state index in [1.54, 1.807) is 0 Å². The molecular formula is C26H33N7O2. The molecule has 9 heteroatoms. The molecule has 1 amide bonds. The van der Waals surface area contributed by atoms with Gasteiger partial charge in [0.15, 0.2) is 0 Å². The van der Waals surface area contributed by atoms with Crippen LogP contribution in [0.1, 0.15) is 18.9 Å². The topological polar surface area (TPSA) is 89.8 Å². The fourth-order valence-electron chi connectivity index (χ4n) is 5.06. The molecule has 0 spiro atoms. The molecule has 1 unspecified atom stereocenters. The molecule has 0 saturated carbocycles. The lowest BCUT2D eigenvalue weighted by molar-refractivity contribution is -0.127. The Bertz CT molecular complexity index is 1170. The number of aliphatic hydroxyl groups is 1. The second-order valence-electron chi connectivity index (χ2n) is 9.20. The van der Waals surface area contributed by atoms with Crippen LogP contribution in [0.5, 0.6) is 0 Å². The van der Waals surface area contributed by atoms with Crippen molar-refractivity contribution in [3.05, 3.63) is 55.4 Å². The van der Waals surface area contributed by atoms with Gasteiger partial charge in [0.25, 0.3) is 0 Å². The van der Waals surface area contributed by atoms with Gasteiger partial charge in [-0.3, -0.25) is 9.69 Å². The molecule has 4 heterocycles. The molecule has 2 fully saturated rings. The summed E-state index contributed by atoms with van der Waals surface area (Å²) in [7, 11) is 0. The molecule has 0 radical (unpaired) electrons. The van der Waals surface area contributed by atoms with Crippen molar-refractivity contribution in [2.75, 3.05) is 62.6 Å². The largest absolute Gasteiger partial charge is 0.395 e. The van der Waals surface area contributed by atoms with Gasteiger partial charge < -0.3 is 24.8 Å². The lowest BCUT2D eigenvalue weighted by Crippen LogP contribution is -2.47. The van der Waals surface area contributed by atoms with Crippen LogP contribution in [0.2, 0.25) is 0 Å². The first-order chi connectivity index (χ1) is 17.1. The molecule has 0 bridgehead atoms. The normalized spacial score (nSPS) is 19.2. The summed E-state index contributed by atoms with van der Waals surface area (Å²) >= 11 is 0. The number of hydrogen-bond donors (Lipinski definition) is 2. The SMILES string of the molecule is C=CC(=O)N1CCCC(n2ccc3cnc(Nc4ccc(N5CCN(CCO)CC5)cc4)nc32)C1. The molecule has 1 aromatic carbocycles. The number of rotatable bonds is 7. The summed E-state index contributed by atoms with van der Waals surface area (Å²) in [5.41, 5.74) is 3.00. The van der Waals surface area contributed by atoms with Crippen molar-refractivity contribution >= 4 is 34.3 Å². The van der Waals surface area contributed by atoms with Crippen molar-refractivity contribution in [2.45, 2.75) is 18.9 Å². The Morgan fingerprint density at radius 1 is 1.14 bits per heavy atom. The number of aromatic nitrogens is 3. The van der Waals surface area contributed by atoms with E-state index < -0.39 is 0 Å². The zero-order chi connectivity index (χ0) is 24.2. The van der Waals surface area contributed by atoms with Gasteiger partial charge in [-0.1, -0.05) is 6.58 Å². The van der Waals surface area contributed by atoms with Crippen LogP contribution in [0.15, 0.2) is 55.4 Å². The molecule has 3 aromatic rings. The molecule has 184 valence electrons. The van der Waals surface area contributed by atoms with Gasteiger partial charge in [-0.15, -0.1) is 0 Å². The zero-order valence-electron chi connectivity index (χ0n) is 20.0. The summed E-state index contributed by atoms with van der Waals surface area (Å²) in [6.45, 7) is 9.88. The molecule has 2 aliphatic heterocycles. The second-order valence-corrected chi connectivity index (χ2v) is 9.20. The lowest BCUT2D eigenvalue weighted by Gasteiger charge is -2.35. The van der Waals surface area contributed by atoms with Gasteiger partial charge >= 0.3 is 0 Å². The minimum atomic E-state index is -0.0152. The number of nitrogens with one attached hydrogen (secondary N) is 1. The standard InChI is InChI=1S/C26H33N7O2/c1-2-24(35)32-10-3-4-23(19-32)33-11-9-20-18-27-26(29-25(20)33)28-21-5-7-22(8-6-21)31-14-12-30(13-15-31)16-17-34/h2,5-9,11,18,23,34H,1,3-4,10,12-17,19H2,(H,27,28,29). The predicted molar refractivity (Wildman–Crippen MR) is 138 cm³/mol. The molecule has 2 N–H and O–H groups in total. The fourth-order valence-corrected chi connectivity index (χ4v) is 5.06. The molecule has 1 atom stereocenters. The van der Waals surface area contributed by atoms with Gasteiger partial charge in [0.1, 0.15) is 5.65 Å². The van der Waals surface area contributed by atoms with Crippen LogP contribution in [0.25, 0.3) is 11.0 Å². The van der Waals surface area contributed by atoms with E-state index >= 15 is 0 Å². The second kappa shape index (κ2) is 10.5. The average Bonchev–Trinajstić information content (AvgIpc) is 3.33. The summed E-state index contributed by atoms with van der Waals surface area (Å²) in [6, 6.07) is 10.6. The number of benzene rings is 1. The minimum Gasteiger partial charge on any atom is -0.395 e. The van der Waals surface area contributed by atoms with Crippen molar-refractivity contribution in [3.8, 4) is 0 Å². The Morgan fingerprint density at radius 3 is 2.69 bits per heavy atom. The maximum Gasteiger partial charge on any atom is 0.246 e. The van der Waals surface area contributed by atoms with E-state index in [-0.39, 0.29) is 18.6 Å². The highest BCUT2D eigenvalue weighted by molar-refractivity contribution is 5.87. The number of piperazine rings is 1. The van der Waals surface area contributed by atoms with Crippen LogP contribution in [0, 0.1) is 0 Å². The van der Waals surface area contributed by atoms with Crippen LogP contribution in [0.3, 0.4) is 0 Å². The highest BCUT2D eigenvalue weighted by atomic mass is 16.3. The maximum atomic E-state index is 12.1. The molecule has 9 nitrogen and oxygen atoms in total. The van der Waals surface area contributed by atoms with Gasteiger partial charge in [-0.2, -0.15) is 4.98 Å². The summed E-state index contributed by atoms with van der Waals surface area (Å²) in [4.78, 5) is 28.0. The number of nitrogens with zero attached hydrogens (tertiary/aromatic N) is 6. The van der Waals surface area contributed by atoms with E-state index in [1.807, 2.05) is 23.4 Å². The van der Waals surface area contributed by atoms with Crippen LogP contribution in [0.4, 0.5) is 17.3 Å². The van der Waals surface area contributed by atoms with E-state index in [0.29, 0.717) is 12.5 Å². The lowest BCUT2D eigenvalue weighted by atomic mass is 10.1. The predicted octanol–water partition coefficient (Wildman–Crippen LogP) is 2.64. The number of β-amino-alcohol motifs (C(OH)–C–C–N with tert-alkyl or cyclic N) is 1. The molecule has 0 aliphatic carbocycles. The zero-order valence-corrected chi connectivity index (χ0v) is 20.0. The Labute approximate surface area is 205 Å². The number of anilines is 3. The van der Waals surface area contributed by atoms with E-state index in [4.69, 9.17) is 10.1 Å². The highest BCUT2D eigenvalue weighted by Crippen LogP contribution is 2.27. The first kappa shape index (κ1) is 23.3. The molecule has 2 saturated heterocycles. The third-order valence-corrected chi connectivity index (χ3v) is 7.01. The summed E-state index contributed by atoms with van der Waals surface area (Å²) in [5, 5.41) is 13.5. The molecule has 2 aromatic heterocycles. The van der Waals surface area contributed by atoms with E-state index in [1.165, 1.54) is 11.8 Å². The maximum absolute atomic E-state index is 12.1. The Balaban J connectivity index is 1.27. The first-order valence-corrected chi connectivity index (χ1v) is 12.3. The summed E-state index contributed by atoms with van der Waals surface area (Å²) in [5.74, 6) is 0.538. The third-order valence-electron chi connectivity index (χ3n) is 7.01. The number of hydrogen-bond acceptors (Lipinski definition) is 7. The van der Waals surface area contributed by atoms with Gasteiger partial charge in [0, 0.05) is 75.0 Å². The Hall–Kier alpha value is -3.43. The number of piperidine rings is 1. The number of amides is 1. The van der Waals surface area contributed by atoms with E-state index in [9.17, 15) is 4.79 Å². The van der Waals surface area contributed by atoms with Crippen molar-refractivity contribution < 1.29 is 9.90 Å². The van der Waals surface area contributed by atoms with Crippen LogP contribution < -0.4 is 10.2 Å². The van der Waals surface area contributed by atoms with Crippen molar-refractivity contribution in [3.63, 3.8) is 0 Å². The van der Waals surface area contributed by atoms with Crippen molar-refractivity contribution in [1.82, 2.24) is 24.3 Å². The van der Waals surface area contributed by atoms with Crippen molar-refractivity contribution in [1.29, 1.82) is 0 Å². The molecule has 5 rings (SSSR count).